The summed E-state index contributed by atoms with van der Waals surface area (Å²) in [5.41, 5.74) is 9.66. The quantitative estimate of drug-likeness (QED) is 0.419. The Bertz CT molecular complexity index is 1330. The van der Waals surface area contributed by atoms with Crippen molar-refractivity contribution >= 4 is 34.4 Å². The third-order valence-corrected chi connectivity index (χ3v) is 7.89. The number of benzene rings is 1. The number of aromatic amines is 1. The van der Waals surface area contributed by atoms with Crippen LogP contribution in [0.5, 0.6) is 5.75 Å². The number of aromatic nitrogens is 3. The maximum Gasteiger partial charge on any atom is 0.223 e. The zero-order valence-electron chi connectivity index (χ0n) is 20.0. The zero-order valence-corrected chi connectivity index (χ0v) is 20.8. The number of hydrogen-bond acceptors (Lipinski definition) is 7. The summed E-state index contributed by atoms with van der Waals surface area (Å²) in [4.78, 5) is 27.2. The van der Waals surface area contributed by atoms with Crippen LogP contribution >= 0.6 is 11.6 Å². The second-order valence-corrected chi connectivity index (χ2v) is 10.1. The maximum absolute atomic E-state index is 12.2. The molecule has 9 nitrogen and oxygen atoms in total. The van der Waals surface area contributed by atoms with E-state index in [1.54, 1.807) is 13.3 Å². The van der Waals surface area contributed by atoms with Crippen molar-refractivity contribution in [2.24, 2.45) is 23.5 Å². The molecule has 6 rings (SSSR count). The molecule has 3 aromatic rings. The fourth-order valence-electron chi connectivity index (χ4n) is 5.82. The number of nitrogens with zero attached hydrogens (tertiary/aromatic N) is 3. The highest BCUT2D eigenvalue weighted by atomic mass is 35.5. The van der Waals surface area contributed by atoms with Crippen molar-refractivity contribution in [2.75, 3.05) is 38.7 Å². The summed E-state index contributed by atoms with van der Waals surface area (Å²) in [7, 11) is 1.66. The van der Waals surface area contributed by atoms with E-state index < -0.39 is 0 Å². The van der Waals surface area contributed by atoms with E-state index in [0.29, 0.717) is 27.7 Å². The van der Waals surface area contributed by atoms with Crippen molar-refractivity contribution in [1.29, 1.82) is 0 Å². The number of carbonyl (C=O) groups is 1. The lowest BCUT2D eigenvalue weighted by Crippen LogP contribution is -2.41. The van der Waals surface area contributed by atoms with Crippen molar-refractivity contribution in [1.82, 2.24) is 19.9 Å². The molecule has 2 aliphatic carbocycles. The minimum absolute atomic E-state index is 0.124. The number of morpholine rings is 1. The average molecular weight is 509 g/mol. The van der Waals surface area contributed by atoms with Crippen LogP contribution in [0.25, 0.3) is 22.6 Å². The summed E-state index contributed by atoms with van der Waals surface area (Å²) in [6.07, 6.45) is 6.77. The highest BCUT2D eigenvalue weighted by molar-refractivity contribution is 6.34. The van der Waals surface area contributed by atoms with Gasteiger partial charge in [-0.05, 0) is 36.0 Å². The molecule has 2 fully saturated rings. The number of anilines is 1. The van der Waals surface area contributed by atoms with E-state index >= 15 is 0 Å². The van der Waals surface area contributed by atoms with Crippen molar-refractivity contribution in [3.8, 4) is 17.1 Å². The normalized spacial score (nSPS) is 25.5. The molecule has 0 radical (unpaired) electrons. The van der Waals surface area contributed by atoms with Gasteiger partial charge >= 0.3 is 0 Å². The molecule has 4 atom stereocenters. The van der Waals surface area contributed by atoms with Gasteiger partial charge in [0.25, 0.3) is 0 Å². The second kappa shape index (κ2) is 9.38. The topological polar surface area (TPSA) is 118 Å². The number of hydrogen-bond donors (Lipinski definition) is 3. The zero-order chi connectivity index (χ0) is 24.8. The van der Waals surface area contributed by atoms with Crippen molar-refractivity contribution in [3.05, 3.63) is 47.1 Å². The predicted octanol–water partition coefficient (Wildman–Crippen LogP) is 3.21. The molecule has 1 amide bonds. The van der Waals surface area contributed by atoms with Crippen molar-refractivity contribution in [2.45, 2.75) is 19.0 Å². The number of allylic oxidation sites excluding steroid dienone is 1. The number of methoxy groups -OCH3 is 1. The fourth-order valence-corrected chi connectivity index (χ4v) is 6.02. The van der Waals surface area contributed by atoms with E-state index in [0.717, 1.165) is 50.6 Å². The van der Waals surface area contributed by atoms with Gasteiger partial charge in [-0.3, -0.25) is 9.69 Å². The molecular formula is C26H29ClN6O3. The first-order chi connectivity index (χ1) is 17.5. The molecule has 1 saturated heterocycles. The van der Waals surface area contributed by atoms with E-state index in [-0.39, 0.29) is 29.7 Å². The number of rotatable bonds is 7. The number of fused-ring (bicyclic) bond motifs is 3. The number of nitrogens with one attached hydrogen (secondary N) is 2. The van der Waals surface area contributed by atoms with E-state index in [4.69, 9.17) is 31.8 Å². The highest BCUT2D eigenvalue weighted by Crippen LogP contribution is 2.46. The van der Waals surface area contributed by atoms with Crippen molar-refractivity contribution < 1.29 is 14.3 Å². The number of halogens is 1. The molecule has 3 aliphatic rings. The number of pyridine rings is 1. The Morgan fingerprint density at radius 2 is 2.11 bits per heavy atom. The van der Waals surface area contributed by atoms with Gasteiger partial charge in [-0.1, -0.05) is 29.8 Å². The molecule has 1 aromatic carbocycles. The first kappa shape index (κ1) is 23.3. The average Bonchev–Trinajstić information content (AvgIpc) is 3.61. The van der Waals surface area contributed by atoms with Gasteiger partial charge in [-0.15, -0.1) is 0 Å². The molecule has 4 N–H and O–H groups in total. The van der Waals surface area contributed by atoms with E-state index in [1.165, 1.54) is 5.56 Å². The molecule has 0 spiro atoms. The third kappa shape index (κ3) is 4.11. The number of ether oxygens (including phenoxy) is 2. The Morgan fingerprint density at radius 1 is 1.31 bits per heavy atom. The summed E-state index contributed by atoms with van der Waals surface area (Å²) in [5.74, 6) is 1.19. The van der Waals surface area contributed by atoms with Crippen LogP contribution in [0.3, 0.4) is 0 Å². The van der Waals surface area contributed by atoms with Crippen LogP contribution in [0.2, 0.25) is 5.02 Å². The molecular weight excluding hydrogens is 480 g/mol. The molecule has 0 unspecified atom stereocenters. The molecule has 2 aromatic heterocycles. The van der Waals surface area contributed by atoms with Crippen LogP contribution in [0.1, 0.15) is 12.0 Å². The SMILES string of the molecule is COc1cc(CN2CCOCC2)ccc1-c1nc2ncc(Cl)c(N[C@H]3[C@@H](C(N)=O)[C@@H]4C=C[C@H]3C4)c2[nH]1. The van der Waals surface area contributed by atoms with E-state index in [1.807, 2.05) is 6.07 Å². The van der Waals surface area contributed by atoms with Gasteiger partial charge in [0.2, 0.25) is 5.91 Å². The maximum atomic E-state index is 12.2. The van der Waals surface area contributed by atoms with Gasteiger partial charge in [0.1, 0.15) is 17.1 Å². The number of nitrogens with two attached hydrogens (primary N) is 1. The summed E-state index contributed by atoms with van der Waals surface area (Å²) >= 11 is 6.59. The Labute approximate surface area is 214 Å². The number of amides is 1. The van der Waals surface area contributed by atoms with Crippen LogP contribution in [0.4, 0.5) is 5.69 Å². The van der Waals surface area contributed by atoms with Gasteiger partial charge in [0.05, 0.1) is 48.7 Å². The molecule has 1 aliphatic heterocycles. The third-order valence-electron chi connectivity index (χ3n) is 7.60. The van der Waals surface area contributed by atoms with Gasteiger partial charge < -0.3 is 25.5 Å². The monoisotopic (exact) mass is 508 g/mol. The minimum Gasteiger partial charge on any atom is -0.496 e. The van der Waals surface area contributed by atoms with Gasteiger partial charge in [0, 0.05) is 25.7 Å². The van der Waals surface area contributed by atoms with Gasteiger partial charge in [0.15, 0.2) is 5.65 Å². The number of H-pyrrole nitrogens is 1. The van der Waals surface area contributed by atoms with Gasteiger partial charge in [-0.2, -0.15) is 0 Å². The number of imidazole rings is 1. The first-order valence-corrected chi connectivity index (χ1v) is 12.7. The first-order valence-electron chi connectivity index (χ1n) is 12.3. The van der Waals surface area contributed by atoms with Crippen LogP contribution in [0, 0.1) is 17.8 Å². The molecule has 3 heterocycles. The molecule has 36 heavy (non-hydrogen) atoms. The van der Waals surface area contributed by atoms with Crippen LogP contribution < -0.4 is 15.8 Å². The lowest BCUT2D eigenvalue weighted by molar-refractivity contribution is -0.122. The Hall–Kier alpha value is -3.14. The van der Waals surface area contributed by atoms with Crippen LogP contribution in [-0.4, -0.2) is 65.2 Å². The fraction of sp³-hybridized carbons (Fsp3) is 0.423. The number of carbonyl (C=O) groups excluding carboxylic acids is 1. The molecule has 10 heteroatoms. The van der Waals surface area contributed by atoms with Crippen LogP contribution in [0.15, 0.2) is 36.5 Å². The highest BCUT2D eigenvalue weighted by Gasteiger charge is 2.47. The number of primary amides is 1. The van der Waals surface area contributed by atoms with Crippen molar-refractivity contribution in [3.63, 3.8) is 0 Å². The smallest absolute Gasteiger partial charge is 0.223 e. The Balaban J connectivity index is 1.32. The summed E-state index contributed by atoms with van der Waals surface area (Å²) in [6, 6.07) is 6.04. The summed E-state index contributed by atoms with van der Waals surface area (Å²) in [6.45, 7) is 4.21. The molecule has 2 bridgehead atoms. The lowest BCUT2D eigenvalue weighted by Gasteiger charge is -2.28. The molecule has 1 saturated carbocycles. The Morgan fingerprint density at radius 3 is 2.89 bits per heavy atom. The molecule has 188 valence electrons. The lowest BCUT2D eigenvalue weighted by atomic mass is 9.88. The largest absolute Gasteiger partial charge is 0.496 e. The van der Waals surface area contributed by atoms with E-state index in [9.17, 15) is 4.79 Å². The standard InChI is InChI=1S/C26H29ClN6O3/c1-35-19-10-14(13-33-6-8-36-9-7-33)2-5-17(19)25-31-23-22(18(27)12-29-26(23)32-25)30-21-16-4-3-15(11-16)20(21)24(28)34/h2-5,10,12,15-16,20-21H,6-9,11,13H2,1H3,(H2,28,34)(H2,29,30,31,32)/t15-,16+,20+,21-/m1/s1. The Kier molecular flexibility index (Phi) is 6.07. The predicted molar refractivity (Wildman–Crippen MR) is 138 cm³/mol. The van der Waals surface area contributed by atoms with Gasteiger partial charge in [-0.25, -0.2) is 9.97 Å². The minimum atomic E-state index is -0.294. The summed E-state index contributed by atoms with van der Waals surface area (Å²) < 4.78 is 11.2. The van der Waals surface area contributed by atoms with E-state index in [2.05, 4.69) is 44.5 Å². The summed E-state index contributed by atoms with van der Waals surface area (Å²) in [5, 5.41) is 3.98. The second-order valence-electron chi connectivity index (χ2n) is 9.73. The van der Waals surface area contributed by atoms with Crippen LogP contribution in [-0.2, 0) is 16.1 Å².